The van der Waals surface area contributed by atoms with Gasteiger partial charge in [-0.3, -0.25) is 0 Å². The Kier molecular flexibility index (Phi) is 10.9. The summed E-state index contributed by atoms with van der Waals surface area (Å²) >= 11 is 0. The summed E-state index contributed by atoms with van der Waals surface area (Å²) in [5.74, 6) is -2.62. The second kappa shape index (κ2) is 10.7. The van der Waals surface area contributed by atoms with Gasteiger partial charge in [0.05, 0.1) is 0 Å². The third-order valence-electron chi connectivity index (χ3n) is 2.27. The van der Waals surface area contributed by atoms with Gasteiger partial charge in [-0.15, -0.1) is 0 Å². The molecule has 126 valence electrons. The van der Waals surface area contributed by atoms with Crippen molar-refractivity contribution in [2.75, 3.05) is 0 Å². The second-order valence-corrected chi connectivity index (χ2v) is 3.64. The number of rotatable bonds is 2. The van der Waals surface area contributed by atoms with Crippen molar-refractivity contribution in [3.05, 3.63) is 59.7 Å². The zero-order valence-electron chi connectivity index (χ0n) is 10.8. The number of carbonyl (C=O) groups is 2. The monoisotopic (exact) mass is 402 g/mol. The van der Waals surface area contributed by atoms with E-state index in [4.69, 9.17) is 20.4 Å². The molecule has 2 aromatic carbocycles. The van der Waals surface area contributed by atoms with E-state index in [-0.39, 0.29) is 56.8 Å². The third kappa shape index (κ3) is 6.65. The number of benzene rings is 2. The molecule has 0 amide bonds. The fraction of sp³-hybridized carbons (Fsp3) is 0. The number of phenols is 2. The summed E-state index contributed by atoms with van der Waals surface area (Å²) in [4.78, 5) is 20.5. The quantitative estimate of drug-likeness (QED) is 0.572. The third-order valence-corrected chi connectivity index (χ3v) is 2.27. The van der Waals surface area contributed by atoms with E-state index in [2.05, 4.69) is 0 Å². The molecule has 0 aliphatic heterocycles. The van der Waals surface area contributed by atoms with Crippen LogP contribution in [0, 0.1) is 0 Å². The average Bonchev–Trinajstić information content (AvgIpc) is 2.40. The molecule has 6 nitrogen and oxygen atoms in total. The molecule has 0 saturated heterocycles. The summed E-state index contributed by atoms with van der Waals surface area (Å²) in [5, 5.41) is 34.6. The summed E-state index contributed by atoms with van der Waals surface area (Å²) in [6.07, 6.45) is 0. The first kappa shape index (κ1) is 22.3. The molecule has 0 spiro atoms. The van der Waals surface area contributed by atoms with Gasteiger partial charge < -0.3 is 20.4 Å². The SMILES string of the molecule is O=C(O)c1ccccc1O.O=C(O)c1ccccc1O.[Cu].[Cu]. The molecule has 0 aliphatic rings. The van der Waals surface area contributed by atoms with Crippen LogP contribution in [0.15, 0.2) is 48.5 Å². The molecule has 0 heterocycles. The molecule has 2 rings (SSSR count). The van der Waals surface area contributed by atoms with Gasteiger partial charge in [0.2, 0.25) is 0 Å². The van der Waals surface area contributed by atoms with Gasteiger partial charge in [0, 0.05) is 34.1 Å². The number of aromatic carboxylic acids is 2. The number of para-hydroxylation sites is 2. The van der Waals surface area contributed by atoms with E-state index in [0.717, 1.165) is 0 Å². The molecule has 0 aromatic heterocycles. The summed E-state index contributed by atoms with van der Waals surface area (Å²) in [6.45, 7) is 0. The predicted molar refractivity (Wildman–Crippen MR) is 70.1 cm³/mol. The Morgan fingerprint density at radius 1 is 0.636 bits per heavy atom. The van der Waals surface area contributed by atoms with Crippen molar-refractivity contribution in [1.29, 1.82) is 0 Å². The summed E-state index contributed by atoms with van der Waals surface area (Å²) in [5.41, 5.74) is -0.134. The van der Waals surface area contributed by atoms with Crippen LogP contribution in [0.4, 0.5) is 0 Å². The van der Waals surface area contributed by atoms with Gasteiger partial charge in [-0.2, -0.15) is 0 Å². The first-order valence-corrected chi connectivity index (χ1v) is 5.46. The van der Waals surface area contributed by atoms with E-state index >= 15 is 0 Å². The minimum absolute atomic E-state index is 0. The van der Waals surface area contributed by atoms with E-state index in [0.29, 0.717) is 0 Å². The normalized spacial score (nSPS) is 8.36. The molecule has 0 atom stereocenters. The summed E-state index contributed by atoms with van der Waals surface area (Å²) in [6, 6.07) is 11.6. The maximum absolute atomic E-state index is 10.3. The Hall–Kier alpha value is -1.98. The van der Waals surface area contributed by atoms with Crippen molar-refractivity contribution in [2.45, 2.75) is 0 Å². The molecular weight excluding hydrogens is 391 g/mol. The fourth-order valence-corrected chi connectivity index (χ4v) is 1.31. The molecule has 0 saturated carbocycles. The molecule has 0 aliphatic carbocycles. The maximum atomic E-state index is 10.3. The smallest absolute Gasteiger partial charge is 0.339 e. The van der Waals surface area contributed by atoms with Crippen LogP contribution in [0.1, 0.15) is 20.7 Å². The van der Waals surface area contributed by atoms with Gasteiger partial charge >= 0.3 is 11.9 Å². The number of aromatic hydroxyl groups is 2. The first-order valence-electron chi connectivity index (χ1n) is 5.46. The standard InChI is InChI=1S/2C7H6O3.2Cu/c2*8-6-4-2-1-3-5(6)7(9)10;;/h2*1-4,8H,(H,9,10);;. The van der Waals surface area contributed by atoms with Gasteiger partial charge in [0.15, 0.2) is 0 Å². The summed E-state index contributed by atoms with van der Waals surface area (Å²) < 4.78 is 0. The van der Waals surface area contributed by atoms with Gasteiger partial charge in [0.25, 0.3) is 0 Å². The molecule has 2 aromatic rings. The van der Waals surface area contributed by atoms with E-state index in [9.17, 15) is 9.59 Å². The first-order chi connectivity index (χ1) is 9.43. The number of carboxylic acids is 2. The van der Waals surface area contributed by atoms with Crippen LogP contribution >= 0.6 is 0 Å². The van der Waals surface area contributed by atoms with Gasteiger partial charge in [0.1, 0.15) is 22.6 Å². The van der Waals surface area contributed by atoms with Crippen molar-refractivity contribution in [3.8, 4) is 11.5 Å². The molecule has 0 unspecified atom stereocenters. The van der Waals surface area contributed by atoms with E-state index in [1.807, 2.05) is 0 Å². The summed E-state index contributed by atoms with van der Waals surface area (Å²) in [7, 11) is 0. The molecule has 0 fully saturated rings. The Morgan fingerprint density at radius 3 is 1.09 bits per heavy atom. The zero-order chi connectivity index (χ0) is 15.1. The van der Waals surface area contributed by atoms with Crippen molar-refractivity contribution in [2.24, 2.45) is 0 Å². The van der Waals surface area contributed by atoms with Crippen LogP contribution in [0.3, 0.4) is 0 Å². The zero-order valence-corrected chi connectivity index (χ0v) is 12.7. The minimum Gasteiger partial charge on any atom is -0.507 e. The van der Waals surface area contributed by atoms with E-state index in [1.54, 1.807) is 24.3 Å². The Bertz CT molecular complexity index is 575. The van der Waals surface area contributed by atoms with Crippen molar-refractivity contribution >= 4 is 11.9 Å². The molecule has 0 bridgehead atoms. The average molecular weight is 403 g/mol. The molecule has 22 heavy (non-hydrogen) atoms. The predicted octanol–water partition coefficient (Wildman–Crippen LogP) is 2.18. The number of hydrogen-bond acceptors (Lipinski definition) is 4. The fourth-order valence-electron chi connectivity index (χ4n) is 1.31. The topological polar surface area (TPSA) is 115 Å². The van der Waals surface area contributed by atoms with Crippen LogP contribution < -0.4 is 0 Å². The van der Waals surface area contributed by atoms with E-state index < -0.39 is 11.9 Å². The van der Waals surface area contributed by atoms with Crippen molar-refractivity contribution < 1.29 is 64.2 Å². The molecule has 8 heteroatoms. The Balaban J connectivity index is 0. The number of hydrogen-bond donors (Lipinski definition) is 4. The molecular formula is C14H12Cu2O6. The number of carboxylic acid groups (broad SMARTS) is 2. The van der Waals surface area contributed by atoms with Crippen molar-refractivity contribution in [1.82, 2.24) is 0 Å². The van der Waals surface area contributed by atoms with Crippen LogP contribution in [0.25, 0.3) is 0 Å². The van der Waals surface area contributed by atoms with Crippen LogP contribution in [0.2, 0.25) is 0 Å². The van der Waals surface area contributed by atoms with Crippen LogP contribution in [0.5, 0.6) is 11.5 Å². The molecule has 2 radical (unpaired) electrons. The van der Waals surface area contributed by atoms with E-state index in [1.165, 1.54) is 24.3 Å². The van der Waals surface area contributed by atoms with Gasteiger partial charge in [-0.1, -0.05) is 24.3 Å². The van der Waals surface area contributed by atoms with Crippen molar-refractivity contribution in [3.63, 3.8) is 0 Å². The largest absolute Gasteiger partial charge is 0.507 e. The molecule has 4 N–H and O–H groups in total. The Labute approximate surface area is 147 Å². The van der Waals surface area contributed by atoms with Crippen LogP contribution in [-0.2, 0) is 34.1 Å². The van der Waals surface area contributed by atoms with Gasteiger partial charge in [-0.05, 0) is 24.3 Å². The second-order valence-electron chi connectivity index (χ2n) is 3.64. The maximum Gasteiger partial charge on any atom is 0.339 e. The van der Waals surface area contributed by atoms with Crippen LogP contribution in [-0.4, -0.2) is 32.4 Å². The minimum atomic E-state index is -1.11. The Morgan fingerprint density at radius 2 is 0.909 bits per heavy atom. The van der Waals surface area contributed by atoms with Gasteiger partial charge in [-0.25, -0.2) is 9.59 Å².